The van der Waals surface area contributed by atoms with Gasteiger partial charge in [-0.2, -0.15) is 0 Å². The molecule has 5 nitrogen and oxygen atoms in total. The van der Waals surface area contributed by atoms with Crippen LogP contribution in [0, 0.1) is 0 Å². The summed E-state index contributed by atoms with van der Waals surface area (Å²) < 4.78 is 5.38. The van der Waals surface area contributed by atoms with Crippen molar-refractivity contribution in [3.8, 4) is 0 Å². The number of anilines is 1. The van der Waals surface area contributed by atoms with Crippen LogP contribution in [-0.2, 0) is 9.53 Å². The summed E-state index contributed by atoms with van der Waals surface area (Å²) in [5.41, 5.74) is 7.24. The molecule has 3 N–H and O–H groups in total. The minimum atomic E-state index is -0.127. The minimum absolute atomic E-state index is 0.127. The predicted molar refractivity (Wildman–Crippen MR) is 82.3 cm³/mol. The average molecular weight is 277 g/mol. The van der Waals surface area contributed by atoms with Crippen LogP contribution in [0.25, 0.3) is 6.08 Å². The molecule has 0 unspecified atom stereocenters. The normalized spacial score (nSPS) is 11.2. The maximum atomic E-state index is 11.5. The Labute approximate surface area is 120 Å². The van der Waals surface area contributed by atoms with Crippen molar-refractivity contribution < 1.29 is 9.53 Å². The lowest BCUT2D eigenvalue weighted by molar-refractivity contribution is -0.116. The number of likely N-dealkylation sites (N-methyl/N-ethyl adjacent to an activating group) is 1. The van der Waals surface area contributed by atoms with Crippen molar-refractivity contribution in [2.45, 2.75) is 0 Å². The van der Waals surface area contributed by atoms with Crippen LogP contribution in [0.1, 0.15) is 5.56 Å². The third kappa shape index (κ3) is 7.56. The van der Waals surface area contributed by atoms with Crippen molar-refractivity contribution in [1.82, 2.24) is 10.2 Å². The zero-order valence-electron chi connectivity index (χ0n) is 12.1. The molecule has 0 radical (unpaired) electrons. The number of benzene rings is 1. The second kappa shape index (κ2) is 9.12. The van der Waals surface area contributed by atoms with Gasteiger partial charge < -0.3 is 20.7 Å². The smallest absolute Gasteiger partial charge is 0.244 e. The van der Waals surface area contributed by atoms with Crippen LogP contribution in [0.5, 0.6) is 0 Å². The summed E-state index contributed by atoms with van der Waals surface area (Å²) in [5.74, 6) is -0.127. The molecule has 0 aromatic heterocycles. The van der Waals surface area contributed by atoms with Gasteiger partial charge in [0.2, 0.25) is 5.91 Å². The van der Waals surface area contributed by atoms with E-state index < -0.39 is 0 Å². The zero-order chi connectivity index (χ0) is 14.8. The van der Waals surface area contributed by atoms with Crippen molar-refractivity contribution in [2.75, 3.05) is 46.1 Å². The molecule has 0 fully saturated rings. The number of carbonyl (C=O) groups excluding carboxylic acids is 1. The molecule has 0 bridgehead atoms. The molecule has 0 aliphatic rings. The molecule has 0 heterocycles. The van der Waals surface area contributed by atoms with E-state index in [1.807, 2.05) is 31.1 Å². The maximum Gasteiger partial charge on any atom is 0.244 e. The number of nitrogen functional groups attached to an aromatic ring is 1. The van der Waals surface area contributed by atoms with Crippen LogP contribution >= 0.6 is 0 Å². The number of hydrogen-bond acceptors (Lipinski definition) is 4. The van der Waals surface area contributed by atoms with Crippen molar-refractivity contribution >= 4 is 17.7 Å². The number of nitrogens with one attached hydrogen (secondary N) is 1. The van der Waals surface area contributed by atoms with E-state index in [-0.39, 0.29) is 5.91 Å². The SMILES string of the molecule is CN(C)CCOCCNC(=O)/C=C/c1ccc(N)cc1. The summed E-state index contributed by atoms with van der Waals surface area (Å²) in [5, 5.41) is 2.76. The summed E-state index contributed by atoms with van der Waals surface area (Å²) in [6.45, 7) is 2.59. The summed E-state index contributed by atoms with van der Waals surface area (Å²) in [7, 11) is 3.99. The van der Waals surface area contributed by atoms with Crippen LogP contribution < -0.4 is 11.1 Å². The molecule has 1 aromatic carbocycles. The molecule has 0 spiro atoms. The van der Waals surface area contributed by atoms with Crippen molar-refractivity contribution in [3.63, 3.8) is 0 Å². The number of nitrogens with zero attached hydrogens (tertiary/aromatic N) is 1. The third-order valence-corrected chi connectivity index (χ3v) is 2.59. The molecule has 0 aliphatic heterocycles. The molecule has 1 aromatic rings. The van der Waals surface area contributed by atoms with E-state index in [1.165, 1.54) is 6.08 Å². The fraction of sp³-hybridized carbons (Fsp3) is 0.400. The average Bonchev–Trinajstić information content (AvgIpc) is 2.41. The first-order chi connectivity index (χ1) is 9.58. The summed E-state index contributed by atoms with van der Waals surface area (Å²) in [6, 6.07) is 7.33. The Bertz CT molecular complexity index is 427. The van der Waals surface area contributed by atoms with E-state index in [0.717, 1.165) is 12.1 Å². The first-order valence-electron chi connectivity index (χ1n) is 6.62. The molecule has 1 rings (SSSR count). The molecule has 0 atom stereocenters. The first kappa shape index (κ1) is 16.2. The minimum Gasteiger partial charge on any atom is -0.399 e. The number of ether oxygens (including phenoxy) is 1. The highest BCUT2D eigenvalue weighted by Gasteiger charge is 1.95. The Morgan fingerprint density at radius 3 is 2.65 bits per heavy atom. The topological polar surface area (TPSA) is 67.6 Å². The van der Waals surface area contributed by atoms with Crippen LogP contribution in [0.15, 0.2) is 30.3 Å². The Morgan fingerprint density at radius 2 is 2.00 bits per heavy atom. The molecule has 0 saturated carbocycles. The second-order valence-corrected chi connectivity index (χ2v) is 4.71. The largest absolute Gasteiger partial charge is 0.399 e. The van der Waals surface area contributed by atoms with Gasteiger partial charge in [0.25, 0.3) is 0 Å². The van der Waals surface area contributed by atoms with Gasteiger partial charge in [0, 0.05) is 24.9 Å². The van der Waals surface area contributed by atoms with E-state index in [2.05, 4.69) is 5.32 Å². The van der Waals surface area contributed by atoms with Gasteiger partial charge in [-0.05, 0) is 37.9 Å². The number of hydrogen-bond donors (Lipinski definition) is 2. The maximum absolute atomic E-state index is 11.5. The first-order valence-corrected chi connectivity index (χ1v) is 6.62. The summed E-state index contributed by atoms with van der Waals surface area (Å²) in [4.78, 5) is 13.6. The molecular weight excluding hydrogens is 254 g/mol. The van der Waals surface area contributed by atoms with Gasteiger partial charge in [-0.3, -0.25) is 4.79 Å². The Morgan fingerprint density at radius 1 is 1.30 bits per heavy atom. The number of nitrogens with two attached hydrogens (primary N) is 1. The fourth-order valence-electron chi connectivity index (χ4n) is 1.43. The summed E-state index contributed by atoms with van der Waals surface area (Å²) in [6.07, 6.45) is 3.26. The van der Waals surface area contributed by atoms with Crippen LogP contribution in [0.2, 0.25) is 0 Å². The van der Waals surface area contributed by atoms with Crippen molar-refractivity contribution in [1.29, 1.82) is 0 Å². The standard InChI is InChI=1S/C15H23N3O2/c1-18(2)10-12-20-11-9-17-15(19)8-5-13-3-6-14(16)7-4-13/h3-8H,9-12,16H2,1-2H3,(H,17,19)/b8-5+. The highest BCUT2D eigenvalue weighted by Crippen LogP contribution is 2.06. The number of amides is 1. The second-order valence-electron chi connectivity index (χ2n) is 4.71. The lowest BCUT2D eigenvalue weighted by atomic mass is 10.2. The van der Waals surface area contributed by atoms with Gasteiger partial charge in [0.05, 0.1) is 13.2 Å². The van der Waals surface area contributed by atoms with E-state index >= 15 is 0 Å². The van der Waals surface area contributed by atoms with Gasteiger partial charge in [0.15, 0.2) is 0 Å². The van der Waals surface area contributed by atoms with E-state index in [4.69, 9.17) is 10.5 Å². The predicted octanol–water partition coefficient (Wildman–Crippen LogP) is 0.976. The van der Waals surface area contributed by atoms with Gasteiger partial charge in [-0.1, -0.05) is 12.1 Å². The molecule has 110 valence electrons. The molecule has 5 heteroatoms. The molecule has 0 aliphatic carbocycles. The number of carbonyl (C=O) groups is 1. The lowest BCUT2D eigenvalue weighted by Gasteiger charge is -2.09. The van der Waals surface area contributed by atoms with Gasteiger partial charge in [-0.15, -0.1) is 0 Å². The zero-order valence-corrected chi connectivity index (χ0v) is 12.1. The fourth-order valence-corrected chi connectivity index (χ4v) is 1.43. The van der Waals surface area contributed by atoms with Crippen LogP contribution in [0.3, 0.4) is 0 Å². The van der Waals surface area contributed by atoms with Crippen LogP contribution in [0.4, 0.5) is 5.69 Å². The third-order valence-electron chi connectivity index (χ3n) is 2.59. The quantitative estimate of drug-likeness (QED) is 0.422. The summed E-state index contributed by atoms with van der Waals surface area (Å²) >= 11 is 0. The molecule has 1 amide bonds. The van der Waals surface area contributed by atoms with E-state index in [9.17, 15) is 4.79 Å². The van der Waals surface area contributed by atoms with E-state index in [0.29, 0.717) is 25.4 Å². The highest BCUT2D eigenvalue weighted by molar-refractivity contribution is 5.91. The van der Waals surface area contributed by atoms with Gasteiger partial charge in [-0.25, -0.2) is 0 Å². The monoisotopic (exact) mass is 277 g/mol. The molecule has 0 saturated heterocycles. The van der Waals surface area contributed by atoms with Crippen LogP contribution in [-0.4, -0.2) is 51.2 Å². The Kier molecular flexibility index (Phi) is 7.39. The molecule has 20 heavy (non-hydrogen) atoms. The Balaban J connectivity index is 2.15. The van der Waals surface area contributed by atoms with E-state index in [1.54, 1.807) is 18.2 Å². The van der Waals surface area contributed by atoms with Gasteiger partial charge in [0.1, 0.15) is 0 Å². The Hall–Kier alpha value is -1.85. The lowest BCUT2D eigenvalue weighted by Crippen LogP contribution is -2.26. The van der Waals surface area contributed by atoms with Crippen molar-refractivity contribution in [3.05, 3.63) is 35.9 Å². The number of rotatable bonds is 8. The van der Waals surface area contributed by atoms with Gasteiger partial charge >= 0.3 is 0 Å². The molecular formula is C15H23N3O2. The van der Waals surface area contributed by atoms with Crippen molar-refractivity contribution in [2.24, 2.45) is 0 Å². The highest BCUT2D eigenvalue weighted by atomic mass is 16.5.